The topological polar surface area (TPSA) is 57.0 Å². The van der Waals surface area contributed by atoms with Crippen molar-refractivity contribution >= 4 is 5.78 Å². The normalized spacial score (nSPS) is 10.2. The van der Waals surface area contributed by atoms with Gasteiger partial charge in [0, 0.05) is 7.05 Å². The van der Waals surface area contributed by atoms with Crippen LogP contribution in [0.2, 0.25) is 0 Å². The summed E-state index contributed by atoms with van der Waals surface area (Å²) in [7, 11) is 1.79. The Balaban J connectivity index is 2.11. The van der Waals surface area contributed by atoms with Crippen LogP contribution >= 0.6 is 0 Å². The molecule has 5 heteroatoms. The molecule has 0 N–H and O–H groups in total. The van der Waals surface area contributed by atoms with Gasteiger partial charge >= 0.3 is 0 Å². The number of hydrogen-bond acceptors (Lipinski definition) is 4. The predicted octanol–water partition coefficient (Wildman–Crippen LogP) is 1.60. The first-order valence-electron chi connectivity index (χ1n) is 5.25. The number of rotatable bonds is 4. The molecule has 0 amide bonds. The van der Waals surface area contributed by atoms with E-state index in [1.54, 1.807) is 30.1 Å². The molecule has 0 aliphatic heterocycles. The molecular formula is C12H13N3O2. The maximum absolute atomic E-state index is 11.4. The average molecular weight is 231 g/mol. The molecule has 17 heavy (non-hydrogen) atoms. The van der Waals surface area contributed by atoms with Gasteiger partial charge in [0.25, 0.3) is 0 Å². The molecule has 1 aromatic carbocycles. The second kappa shape index (κ2) is 4.78. The fourth-order valence-electron chi connectivity index (χ4n) is 1.50. The smallest absolute Gasteiger partial charge is 0.163 e. The summed E-state index contributed by atoms with van der Waals surface area (Å²) < 4.78 is 7.17. The van der Waals surface area contributed by atoms with Gasteiger partial charge in [-0.05, 0) is 19.1 Å². The highest BCUT2D eigenvalue weighted by molar-refractivity contribution is 5.96. The quantitative estimate of drug-likeness (QED) is 0.750. The number of carbonyl (C=O) groups excluding carboxylic acids is 1. The Labute approximate surface area is 99.0 Å². The molecule has 1 heterocycles. The van der Waals surface area contributed by atoms with E-state index in [1.807, 2.05) is 12.1 Å². The summed E-state index contributed by atoms with van der Waals surface area (Å²) in [6.07, 6.45) is 1.77. The molecule has 2 rings (SSSR count). The van der Waals surface area contributed by atoms with Gasteiger partial charge in [-0.1, -0.05) is 17.3 Å². The lowest BCUT2D eigenvalue weighted by Crippen LogP contribution is -2.01. The van der Waals surface area contributed by atoms with Gasteiger partial charge in [-0.2, -0.15) is 0 Å². The highest BCUT2D eigenvalue weighted by Crippen LogP contribution is 2.19. The van der Waals surface area contributed by atoms with Crippen molar-refractivity contribution in [3.63, 3.8) is 0 Å². The Kier molecular flexibility index (Phi) is 3.18. The standard InChI is InChI=1S/C12H13N3O2/c1-9(16)11-5-3-4-6-12(11)17-8-10-7-15(2)14-13-10/h3-7H,8H2,1-2H3. The Morgan fingerprint density at radius 2 is 2.18 bits per heavy atom. The first-order valence-corrected chi connectivity index (χ1v) is 5.25. The van der Waals surface area contributed by atoms with E-state index in [0.717, 1.165) is 5.69 Å². The highest BCUT2D eigenvalue weighted by atomic mass is 16.5. The molecule has 0 spiro atoms. The van der Waals surface area contributed by atoms with Crippen LogP contribution in [0.3, 0.4) is 0 Å². The first kappa shape index (κ1) is 11.3. The maximum Gasteiger partial charge on any atom is 0.163 e. The van der Waals surface area contributed by atoms with Crippen LogP contribution in [0.25, 0.3) is 0 Å². The molecule has 0 aliphatic carbocycles. The van der Waals surface area contributed by atoms with Crippen LogP contribution in [0.15, 0.2) is 30.5 Å². The van der Waals surface area contributed by atoms with Gasteiger partial charge in [0.05, 0.1) is 11.8 Å². The molecule has 5 nitrogen and oxygen atoms in total. The second-order valence-electron chi connectivity index (χ2n) is 3.72. The van der Waals surface area contributed by atoms with Crippen LogP contribution < -0.4 is 4.74 Å². The van der Waals surface area contributed by atoms with E-state index >= 15 is 0 Å². The zero-order chi connectivity index (χ0) is 12.3. The van der Waals surface area contributed by atoms with Crippen molar-refractivity contribution in [1.82, 2.24) is 15.0 Å². The van der Waals surface area contributed by atoms with E-state index in [9.17, 15) is 4.79 Å². The zero-order valence-electron chi connectivity index (χ0n) is 9.75. The summed E-state index contributed by atoms with van der Waals surface area (Å²) in [5, 5.41) is 7.71. The van der Waals surface area contributed by atoms with Gasteiger partial charge in [0.2, 0.25) is 0 Å². The fourth-order valence-corrected chi connectivity index (χ4v) is 1.50. The number of ketones is 1. The lowest BCUT2D eigenvalue weighted by Gasteiger charge is -2.07. The monoisotopic (exact) mass is 231 g/mol. The van der Waals surface area contributed by atoms with Crippen molar-refractivity contribution < 1.29 is 9.53 Å². The van der Waals surface area contributed by atoms with E-state index < -0.39 is 0 Å². The molecule has 2 aromatic rings. The van der Waals surface area contributed by atoms with Crippen molar-refractivity contribution in [2.45, 2.75) is 13.5 Å². The minimum Gasteiger partial charge on any atom is -0.486 e. The third-order valence-corrected chi connectivity index (χ3v) is 2.29. The molecule has 0 fully saturated rings. The number of Topliss-reactive ketones (excluding diaryl/α,β-unsaturated/α-hetero) is 1. The van der Waals surface area contributed by atoms with Crippen molar-refractivity contribution in [1.29, 1.82) is 0 Å². The molecule has 0 radical (unpaired) electrons. The molecule has 0 aliphatic rings. The van der Waals surface area contributed by atoms with Crippen LogP contribution in [0.1, 0.15) is 23.0 Å². The number of para-hydroxylation sites is 1. The third-order valence-electron chi connectivity index (χ3n) is 2.29. The first-order chi connectivity index (χ1) is 8.16. The zero-order valence-corrected chi connectivity index (χ0v) is 9.75. The van der Waals surface area contributed by atoms with E-state index in [2.05, 4.69) is 10.3 Å². The van der Waals surface area contributed by atoms with Gasteiger partial charge in [0.15, 0.2) is 5.78 Å². The van der Waals surface area contributed by atoms with E-state index in [0.29, 0.717) is 17.9 Å². The molecule has 0 bridgehead atoms. The number of benzene rings is 1. The lowest BCUT2D eigenvalue weighted by atomic mass is 10.1. The fraction of sp³-hybridized carbons (Fsp3) is 0.250. The van der Waals surface area contributed by atoms with Crippen molar-refractivity contribution in [2.24, 2.45) is 7.05 Å². The van der Waals surface area contributed by atoms with Crippen LogP contribution in [-0.2, 0) is 13.7 Å². The molecule has 0 saturated heterocycles. The Morgan fingerprint density at radius 3 is 2.82 bits per heavy atom. The third kappa shape index (κ3) is 2.69. The number of hydrogen-bond donors (Lipinski definition) is 0. The molecular weight excluding hydrogens is 218 g/mol. The summed E-state index contributed by atoms with van der Waals surface area (Å²) in [5.74, 6) is 0.561. The molecule has 0 saturated carbocycles. The minimum atomic E-state index is -0.0141. The van der Waals surface area contributed by atoms with Crippen molar-refractivity contribution in [2.75, 3.05) is 0 Å². The van der Waals surface area contributed by atoms with Crippen LogP contribution in [0, 0.1) is 0 Å². The number of aryl methyl sites for hydroxylation is 1. The summed E-state index contributed by atoms with van der Waals surface area (Å²) in [6, 6.07) is 7.16. The Hall–Kier alpha value is -2.17. The summed E-state index contributed by atoms with van der Waals surface area (Å²) in [6.45, 7) is 1.82. The summed E-state index contributed by atoms with van der Waals surface area (Å²) >= 11 is 0. The van der Waals surface area contributed by atoms with Crippen LogP contribution in [0.4, 0.5) is 0 Å². The lowest BCUT2D eigenvalue weighted by molar-refractivity contribution is 0.101. The minimum absolute atomic E-state index is 0.0141. The van der Waals surface area contributed by atoms with Crippen molar-refractivity contribution in [3.05, 3.63) is 41.7 Å². The summed E-state index contributed by atoms with van der Waals surface area (Å²) in [4.78, 5) is 11.4. The van der Waals surface area contributed by atoms with Gasteiger partial charge in [0.1, 0.15) is 18.1 Å². The number of ether oxygens (including phenoxy) is 1. The van der Waals surface area contributed by atoms with E-state index in [1.165, 1.54) is 6.92 Å². The van der Waals surface area contributed by atoms with E-state index in [4.69, 9.17) is 4.74 Å². The number of aromatic nitrogens is 3. The summed E-state index contributed by atoms with van der Waals surface area (Å²) in [5.41, 5.74) is 1.31. The average Bonchev–Trinajstić information content (AvgIpc) is 2.73. The largest absolute Gasteiger partial charge is 0.486 e. The van der Waals surface area contributed by atoms with Gasteiger partial charge in [-0.3, -0.25) is 9.48 Å². The molecule has 0 unspecified atom stereocenters. The van der Waals surface area contributed by atoms with Gasteiger partial charge in [-0.25, -0.2) is 0 Å². The number of carbonyl (C=O) groups is 1. The molecule has 0 atom stereocenters. The Bertz CT molecular complexity index is 534. The second-order valence-corrected chi connectivity index (χ2v) is 3.72. The SMILES string of the molecule is CC(=O)c1ccccc1OCc1cn(C)nn1. The van der Waals surface area contributed by atoms with Gasteiger partial charge < -0.3 is 4.74 Å². The maximum atomic E-state index is 11.4. The predicted molar refractivity (Wildman–Crippen MR) is 61.8 cm³/mol. The van der Waals surface area contributed by atoms with Crippen LogP contribution in [0.5, 0.6) is 5.75 Å². The number of nitrogens with zero attached hydrogens (tertiary/aromatic N) is 3. The highest BCUT2D eigenvalue weighted by Gasteiger charge is 2.08. The molecule has 88 valence electrons. The van der Waals surface area contributed by atoms with Crippen LogP contribution in [-0.4, -0.2) is 20.8 Å². The Morgan fingerprint density at radius 1 is 1.41 bits per heavy atom. The van der Waals surface area contributed by atoms with E-state index in [-0.39, 0.29) is 5.78 Å². The van der Waals surface area contributed by atoms with Gasteiger partial charge in [-0.15, -0.1) is 5.10 Å². The molecule has 1 aromatic heterocycles. The van der Waals surface area contributed by atoms with Crippen molar-refractivity contribution in [3.8, 4) is 5.75 Å².